The van der Waals surface area contributed by atoms with Crippen LogP contribution in [0.4, 0.5) is 5.69 Å². The number of benzene rings is 3. The summed E-state index contributed by atoms with van der Waals surface area (Å²) in [7, 11) is 0. The second kappa shape index (κ2) is 12.1. The first kappa shape index (κ1) is 25.7. The summed E-state index contributed by atoms with van der Waals surface area (Å²) < 4.78 is 0. The summed E-state index contributed by atoms with van der Waals surface area (Å²) >= 11 is 1.45. The van der Waals surface area contributed by atoms with Crippen LogP contribution in [0.25, 0.3) is 6.08 Å². The number of hydrogen-bond acceptors (Lipinski definition) is 4. The largest absolute Gasteiger partial charge is 0.353 e. The van der Waals surface area contributed by atoms with Crippen LogP contribution in [-0.4, -0.2) is 42.4 Å². The highest BCUT2D eigenvalue weighted by Gasteiger charge is 2.30. The second-order valence-electron chi connectivity index (χ2n) is 9.28. The average molecular weight is 500 g/mol. The van der Waals surface area contributed by atoms with E-state index in [2.05, 4.69) is 36.2 Å². The van der Waals surface area contributed by atoms with E-state index < -0.39 is 0 Å². The lowest BCUT2D eigenvalue weighted by molar-refractivity contribution is -0.122. The van der Waals surface area contributed by atoms with Crippen molar-refractivity contribution in [2.24, 2.45) is 0 Å². The van der Waals surface area contributed by atoms with Gasteiger partial charge in [0, 0.05) is 30.6 Å². The molecule has 1 heterocycles. The minimum absolute atomic E-state index is 0.0119. The van der Waals surface area contributed by atoms with Gasteiger partial charge in [0.25, 0.3) is 5.91 Å². The number of aryl methyl sites for hydroxylation is 1. The van der Waals surface area contributed by atoms with Gasteiger partial charge < -0.3 is 5.32 Å². The molecule has 0 unspecified atom stereocenters. The highest BCUT2D eigenvalue weighted by atomic mass is 32.2. The standard InChI is InChI=1S/C30H33N3O2S/c1-22(2)32(20-25-9-5-4-6-10-25)18-17-31-29(34)21-33-26-11-7-8-12-27(26)36-28(30(33)35)19-24-15-13-23(3)14-16-24/h4-16,19,22H,17-18,20-21H2,1-3H3,(H,31,34). The van der Waals surface area contributed by atoms with Gasteiger partial charge in [0.15, 0.2) is 0 Å². The fraction of sp³-hybridized carbons (Fsp3) is 0.267. The molecular formula is C30H33N3O2S. The number of hydrogen-bond donors (Lipinski definition) is 1. The van der Waals surface area contributed by atoms with E-state index in [0.717, 1.165) is 29.2 Å². The van der Waals surface area contributed by atoms with Gasteiger partial charge in [-0.3, -0.25) is 19.4 Å². The van der Waals surface area contributed by atoms with Crippen LogP contribution < -0.4 is 10.2 Å². The van der Waals surface area contributed by atoms with Crippen molar-refractivity contribution in [2.75, 3.05) is 24.5 Å². The van der Waals surface area contributed by atoms with Crippen LogP contribution in [0, 0.1) is 6.92 Å². The van der Waals surface area contributed by atoms with Gasteiger partial charge in [0.2, 0.25) is 5.91 Å². The summed E-state index contributed by atoms with van der Waals surface area (Å²) in [5.41, 5.74) is 4.16. The Morgan fingerprint density at radius 2 is 1.69 bits per heavy atom. The van der Waals surface area contributed by atoms with Gasteiger partial charge in [0.05, 0.1) is 10.6 Å². The van der Waals surface area contributed by atoms with Gasteiger partial charge in [-0.1, -0.05) is 84.1 Å². The Balaban J connectivity index is 1.41. The van der Waals surface area contributed by atoms with Crippen molar-refractivity contribution < 1.29 is 9.59 Å². The number of fused-ring (bicyclic) bond motifs is 1. The Bertz CT molecular complexity index is 1220. The molecule has 0 saturated carbocycles. The average Bonchev–Trinajstić information content (AvgIpc) is 2.87. The van der Waals surface area contributed by atoms with Crippen molar-refractivity contribution in [1.82, 2.24) is 10.2 Å². The zero-order chi connectivity index (χ0) is 25.5. The molecule has 6 heteroatoms. The maximum Gasteiger partial charge on any atom is 0.265 e. The predicted octanol–water partition coefficient (Wildman–Crippen LogP) is 5.50. The maximum atomic E-state index is 13.4. The topological polar surface area (TPSA) is 52.7 Å². The Kier molecular flexibility index (Phi) is 8.62. The number of amides is 2. The smallest absolute Gasteiger partial charge is 0.265 e. The van der Waals surface area contributed by atoms with Crippen molar-refractivity contribution >= 4 is 35.3 Å². The van der Waals surface area contributed by atoms with Gasteiger partial charge in [-0.25, -0.2) is 0 Å². The third-order valence-corrected chi connectivity index (χ3v) is 7.27. The molecule has 36 heavy (non-hydrogen) atoms. The first-order valence-electron chi connectivity index (χ1n) is 12.3. The van der Waals surface area contributed by atoms with Crippen LogP contribution in [0.2, 0.25) is 0 Å². The van der Waals surface area contributed by atoms with E-state index in [4.69, 9.17) is 0 Å². The maximum absolute atomic E-state index is 13.4. The summed E-state index contributed by atoms with van der Waals surface area (Å²) in [6.45, 7) is 8.43. The number of carbonyl (C=O) groups is 2. The van der Waals surface area contributed by atoms with Crippen molar-refractivity contribution in [3.8, 4) is 0 Å². The zero-order valence-corrected chi connectivity index (χ0v) is 21.9. The molecule has 3 aromatic rings. The third kappa shape index (κ3) is 6.65. The van der Waals surface area contributed by atoms with E-state index in [1.807, 2.05) is 79.7 Å². The van der Waals surface area contributed by atoms with E-state index >= 15 is 0 Å². The molecule has 4 rings (SSSR count). The van der Waals surface area contributed by atoms with Crippen LogP contribution in [0.3, 0.4) is 0 Å². The molecule has 0 aliphatic carbocycles. The Morgan fingerprint density at radius 3 is 2.42 bits per heavy atom. The number of rotatable bonds is 9. The minimum atomic E-state index is -0.164. The van der Waals surface area contributed by atoms with Crippen LogP contribution >= 0.6 is 11.8 Å². The lowest BCUT2D eigenvalue weighted by atomic mass is 10.1. The van der Waals surface area contributed by atoms with Gasteiger partial charge in [-0.15, -0.1) is 0 Å². The van der Waals surface area contributed by atoms with Crippen molar-refractivity contribution in [3.63, 3.8) is 0 Å². The molecule has 1 aliphatic heterocycles. The minimum Gasteiger partial charge on any atom is -0.353 e. The summed E-state index contributed by atoms with van der Waals surface area (Å²) in [4.78, 5) is 31.8. The predicted molar refractivity (Wildman–Crippen MR) is 149 cm³/mol. The van der Waals surface area contributed by atoms with Crippen LogP contribution in [0.5, 0.6) is 0 Å². The van der Waals surface area contributed by atoms with Crippen LogP contribution in [0.15, 0.2) is 88.7 Å². The summed E-state index contributed by atoms with van der Waals surface area (Å²) in [6, 6.07) is 26.5. The first-order valence-corrected chi connectivity index (χ1v) is 13.1. The number of thioether (sulfide) groups is 1. The van der Waals surface area contributed by atoms with Gasteiger partial charge in [-0.2, -0.15) is 0 Å². The van der Waals surface area contributed by atoms with Crippen molar-refractivity contribution in [3.05, 3.63) is 100 Å². The van der Waals surface area contributed by atoms with Gasteiger partial charge in [-0.05, 0) is 50.1 Å². The summed E-state index contributed by atoms with van der Waals surface area (Å²) in [5.74, 6) is -0.314. The Morgan fingerprint density at radius 1 is 1.00 bits per heavy atom. The number of anilines is 1. The second-order valence-corrected chi connectivity index (χ2v) is 10.4. The quantitative estimate of drug-likeness (QED) is 0.395. The normalized spacial score (nSPS) is 14.4. The van der Waals surface area contributed by atoms with E-state index in [-0.39, 0.29) is 18.4 Å². The molecule has 5 nitrogen and oxygen atoms in total. The summed E-state index contributed by atoms with van der Waals surface area (Å²) in [6.07, 6.45) is 1.90. The molecule has 0 spiro atoms. The highest BCUT2D eigenvalue weighted by Crippen LogP contribution is 2.41. The van der Waals surface area contributed by atoms with E-state index in [9.17, 15) is 9.59 Å². The molecule has 0 aromatic heterocycles. The Labute approximate surface area is 218 Å². The monoisotopic (exact) mass is 499 g/mol. The molecule has 1 N–H and O–H groups in total. The number of nitrogens with zero attached hydrogens (tertiary/aromatic N) is 2. The fourth-order valence-corrected chi connectivity index (χ4v) is 5.17. The molecular weight excluding hydrogens is 466 g/mol. The number of carbonyl (C=O) groups excluding carboxylic acids is 2. The summed E-state index contributed by atoms with van der Waals surface area (Å²) in [5, 5.41) is 3.02. The zero-order valence-electron chi connectivity index (χ0n) is 21.1. The lowest BCUT2D eigenvalue weighted by Crippen LogP contribution is -2.45. The number of nitrogens with one attached hydrogen (secondary N) is 1. The molecule has 1 aliphatic rings. The molecule has 3 aromatic carbocycles. The molecule has 2 amide bonds. The Hall–Kier alpha value is -3.35. The van der Waals surface area contributed by atoms with E-state index in [1.54, 1.807) is 4.90 Å². The first-order chi connectivity index (χ1) is 17.4. The molecule has 186 valence electrons. The van der Waals surface area contributed by atoms with Crippen LogP contribution in [-0.2, 0) is 16.1 Å². The fourth-order valence-electron chi connectivity index (χ4n) is 4.11. The molecule has 0 bridgehead atoms. The van der Waals surface area contributed by atoms with E-state index in [0.29, 0.717) is 17.5 Å². The highest BCUT2D eigenvalue weighted by molar-refractivity contribution is 8.04. The lowest BCUT2D eigenvalue weighted by Gasteiger charge is -2.30. The number of para-hydroxylation sites is 1. The molecule has 0 radical (unpaired) electrons. The van der Waals surface area contributed by atoms with Gasteiger partial charge in [0.1, 0.15) is 6.54 Å². The molecule has 0 saturated heterocycles. The van der Waals surface area contributed by atoms with Crippen molar-refractivity contribution in [1.29, 1.82) is 0 Å². The molecule has 0 atom stereocenters. The SMILES string of the molecule is Cc1ccc(C=C2Sc3ccccc3N(CC(=O)NCCN(Cc3ccccc3)C(C)C)C2=O)cc1. The van der Waals surface area contributed by atoms with Gasteiger partial charge >= 0.3 is 0 Å². The van der Waals surface area contributed by atoms with Crippen molar-refractivity contribution in [2.45, 2.75) is 38.3 Å². The van der Waals surface area contributed by atoms with E-state index in [1.165, 1.54) is 22.9 Å². The molecule has 0 fully saturated rings. The van der Waals surface area contributed by atoms with Crippen LogP contribution in [0.1, 0.15) is 30.5 Å². The third-order valence-electron chi connectivity index (χ3n) is 6.19.